The van der Waals surface area contributed by atoms with Crippen LogP contribution in [0.2, 0.25) is 0 Å². The van der Waals surface area contributed by atoms with E-state index in [9.17, 15) is 4.39 Å². The highest BCUT2D eigenvalue weighted by molar-refractivity contribution is 6.04. The van der Waals surface area contributed by atoms with Crippen LogP contribution in [0.1, 0.15) is 42.0 Å². The van der Waals surface area contributed by atoms with Gasteiger partial charge in [0.05, 0.1) is 11.4 Å². The Morgan fingerprint density at radius 2 is 2.00 bits per heavy atom. The van der Waals surface area contributed by atoms with Crippen LogP contribution in [0.3, 0.4) is 0 Å². The molecule has 0 spiro atoms. The van der Waals surface area contributed by atoms with Crippen LogP contribution in [-0.4, -0.2) is 18.7 Å². The average Bonchev–Trinajstić information content (AvgIpc) is 3.07. The fraction of sp³-hybridized carbons (Fsp3) is 0.333. The minimum absolute atomic E-state index is 0.174. The Morgan fingerprint density at radius 1 is 1.22 bits per heavy atom. The van der Waals surface area contributed by atoms with Crippen LogP contribution in [0.5, 0.6) is 0 Å². The summed E-state index contributed by atoms with van der Waals surface area (Å²) in [5, 5.41) is 10.2. The molecule has 6 heteroatoms. The van der Waals surface area contributed by atoms with Crippen molar-refractivity contribution < 1.29 is 9.13 Å². The van der Waals surface area contributed by atoms with E-state index in [0.29, 0.717) is 31.8 Å². The minimum Gasteiger partial charge on any atom is -0.475 e. The van der Waals surface area contributed by atoms with Crippen molar-refractivity contribution >= 4 is 17.3 Å². The van der Waals surface area contributed by atoms with Crippen LogP contribution in [0.25, 0.3) is 0 Å². The van der Waals surface area contributed by atoms with E-state index >= 15 is 0 Å². The monoisotopic (exact) mass is 368 g/mol. The summed E-state index contributed by atoms with van der Waals surface area (Å²) < 4.78 is 19.8. The second kappa shape index (κ2) is 8.31. The highest BCUT2D eigenvalue weighted by Crippen LogP contribution is 2.25. The highest BCUT2D eigenvalue weighted by Gasteiger charge is 2.20. The van der Waals surface area contributed by atoms with Crippen molar-refractivity contribution in [1.82, 2.24) is 0 Å². The molecule has 0 aliphatic heterocycles. The Labute approximate surface area is 159 Å². The van der Waals surface area contributed by atoms with Gasteiger partial charge in [-0.25, -0.2) is 10.2 Å². The summed E-state index contributed by atoms with van der Waals surface area (Å²) in [4.78, 5) is 0. The van der Waals surface area contributed by atoms with Crippen molar-refractivity contribution in [2.75, 3.05) is 12.1 Å². The lowest BCUT2D eigenvalue weighted by molar-refractivity contribution is 0.283. The number of hydrogen-bond donors (Lipinski definition) is 1. The van der Waals surface area contributed by atoms with E-state index in [4.69, 9.17) is 10.6 Å². The van der Waals surface area contributed by atoms with Crippen molar-refractivity contribution in [1.29, 1.82) is 0 Å². The van der Waals surface area contributed by atoms with Gasteiger partial charge in [0.25, 0.3) is 0 Å². The Balaban J connectivity index is 1.77. The molecule has 2 aromatic carbocycles. The van der Waals surface area contributed by atoms with Crippen molar-refractivity contribution in [3.05, 3.63) is 64.5 Å². The molecule has 0 heterocycles. The van der Waals surface area contributed by atoms with Gasteiger partial charge in [-0.15, -0.1) is 5.10 Å². The number of anilines is 1. The lowest BCUT2D eigenvalue weighted by atomic mass is 10.1. The number of benzene rings is 2. The first-order valence-electron chi connectivity index (χ1n) is 9.12. The van der Waals surface area contributed by atoms with Crippen LogP contribution in [0, 0.1) is 12.7 Å². The van der Waals surface area contributed by atoms with E-state index in [1.54, 1.807) is 18.1 Å². The maximum Gasteiger partial charge on any atom is 0.208 e. The molecule has 0 saturated carbocycles. The standard InChI is InChI=1S/C21H25FN4O/c1-4-21(27-13-17-14(2)7-5-10-20(17)26(3)23)25-24-19-12-11-15-16(19)8-6-9-18(15)22/h5-10H,4,11-13,23H2,1-3H3/b24-19+,25-21+. The van der Waals surface area contributed by atoms with Crippen molar-refractivity contribution in [2.45, 2.75) is 39.7 Å². The maximum atomic E-state index is 13.8. The second-order valence-electron chi connectivity index (χ2n) is 6.63. The summed E-state index contributed by atoms with van der Waals surface area (Å²) in [6.45, 7) is 4.36. The van der Waals surface area contributed by atoms with Crippen LogP contribution in [0.4, 0.5) is 10.1 Å². The molecule has 3 rings (SSSR count). The molecule has 0 radical (unpaired) electrons. The maximum absolute atomic E-state index is 13.8. The van der Waals surface area contributed by atoms with Crippen LogP contribution >= 0.6 is 0 Å². The molecule has 1 aliphatic rings. The van der Waals surface area contributed by atoms with Crippen LogP contribution in [-0.2, 0) is 17.8 Å². The Morgan fingerprint density at radius 3 is 2.74 bits per heavy atom. The van der Waals surface area contributed by atoms with Gasteiger partial charge in [-0.1, -0.05) is 31.2 Å². The topological polar surface area (TPSA) is 63.2 Å². The van der Waals surface area contributed by atoms with Crippen LogP contribution in [0.15, 0.2) is 46.6 Å². The predicted octanol–water partition coefficient (Wildman–Crippen LogP) is 4.12. The number of ether oxygens (including phenoxy) is 1. The van der Waals surface area contributed by atoms with E-state index in [0.717, 1.165) is 33.7 Å². The zero-order chi connectivity index (χ0) is 19.4. The number of rotatable bonds is 5. The van der Waals surface area contributed by atoms with E-state index in [-0.39, 0.29) is 5.82 Å². The summed E-state index contributed by atoms with van der Waals surface area (Å²) >= 11 is 0. The van der Waals surface area contributed by atoms with Gasteiger partial charge < -0.3 is 9.75 Å². The van der Waals surface area contributed by atoms with Gasteiger partial charge in [0.1, 0.15) is 12.4 Å². The third kappa shape index (κ3) is 4.17. The molecule has 2 aromatic rings. The summed E-state index contributed by atoms with van der Waals surface area (Å²) in [6, 6.07) is 11.0. The van der Waals surface area contributed by atoms with Gasteiger partial charge >= 0.3 is 0 Å². The number of nitrogens with two attached hydrogens (primary N) is 1. The first-order valence-corrected chi connectivity index (χ1v) is 9.12. The van der Waals surface area contributed by atoms with E-state index < -0.39 is 0 Å². The molecule has 2 N–H and O–H groups in total. The van der Waals surface area contributed by atoms with Gasteiger partial charge in [0, 0.05) is 24.6 Å². The van der Waals surface area contributed by atoms with Gasteiger partial charge in [-0.3, -0.25) is 0 Å². The first-order chi connectivity index (χ1) is 13.0. The molecule has 27 heavy (non-hydrogen) atoms. The average molecular weight is 368 g/mol. The first kappa shape index (κ1) is 19.0. The van der Waals surface area contributed by atoms with Gasteiger partial charge in [0.2, 0.25) is 5.90 Å². The third-order valence-electron chi connectivity index (χ3n) is 4.77. The minimum atomic E-state index is -0.174. The molecule has 0 aromatic heterocycles. The second-order valence-corrected chi connectivity index (χ2v) is 6.63. The molecule has 1 aliphatic carbocycles. The molecule has 0 fully saturated rings. The molecule has 0 atom stereocenters. The number of hydrazine groups is 1. The molecule has 5 nitrogen and oxygen atoms in total. The number of hydrogen-bond acceptors (Lipinski definition) is 5. The SMILES string of the molecule is CC/C(=N\N=C1/CCc2c(F)cccc21)OCc1c(C)cccc1N(C)N. The summed E-state index contributed by atoms with van der Waals surface area (Å²) in [5.74, 6) is 6.28. The third-order valence-corrected chi connectivity index (χ3v) is 4.77. The quantitative estimate of drug-likeness (QED) is 0.374. The van der Waals surface area contributed by atoms with E-state index in [2.05, 4.69) is 10.2 Å². The number of halogens is 1. The molecular weight excluding hydrogens is 343 g/mol. The van der Waals surface area contributed by atoms with Gasteiger partial charge in [0.15, 0.2) is 0 Å². The van der Waals surface area contributed by atoms with Gasteiger partial charge in [-0.05, 0) is 43.0 Å². The van der Waals surface area contributed by atoms with Crippen LogP contribution < -0.4 is 10.9 Å². The largest absolute Gasteiger partial charge is 0.475 e. The summed E-state index contributed by atoms with van der Waals surface area (Å²) in [6.07, 6.45) is 1.97. The number of fused-ring (bicyclic) bond motifs is 1. The molecular formula is C21H25FN4O. The summed E-state index contributed by atoms with van der Waals surface area (Å²) in [5.41, 5.74) is 5.41. The lowest BCUT2D eigenvalue weighted by Gasteiger charge is -2.19. The molecule has 0 bridgehead atoms. The fourth-order valence-corrected chi connectivity index (χ4v) is 3.24. The molecule has 0 saturated heterocycles. The Kier molecular flexibility index (Phi) is 5.86. The molecule has 0 unspecified atom stereocenters. The van der Waals surface area contributed by atoms with Crippen molar-refractivity contribution in [2.24, 2.45) is 16.0 Å². The summed E-state index contributed by atoms with van der Waals surface area (Å²) in [7, 11) is 1.80. The van der Waals surface area contributed by atoms with Crippen molar-refractivity contribution in [3.63, 3.8) is 0 Å². The highest BCUT2D eigenvalue weighted by atomic mass is 19.1. The number of aryl methyl sites for hydroxylation is 1. The van der Waals surface area contributed by atoms with E-state index in [1.807, 2.05) is 38.1 Å². The lowest BCUT2D eigenvalue weighted by Crippen LogP contribution is -2.26. The van der Waals surface area contributed by atoms with Crippen molar-refractivity contribution in [3.8, 4) is 0 Å². The zero-order valence-corrected chi connectivity index (χ0v) is 16.0. The van der Waals surface area contributed by atoms with E-state index in [1.165, 1.54) is 6.07 Å². The van der Waals surface area contributed by atoms with Gasteiger partial charge in [-0.2, -0.15) is 5.10 Å². The fourth-order valence-electron chi connectivity index (χ4n) is 3.24. The zero-order valence-electron chi connectivity index (χ0n) is 16.0. The molecule has 142 valence electrons. The Hall–Kier alpha value is -2.73. The molecule has 0 amide bonds. The Bertz CT molecular complexity index is 890. The normalized spacial score (nSPS) is 15.1. The smallest absolute Gasteiger partial charge is 0.208 e. The predicted molar refractivity (Wildman–Crippen MR) is 108 cm³/mol. The number of nitrogens with zero attached hydrogens (tertiary/aromatic N) is 3.